The molecule has 1 fully saturated rings. The van der Waals surface area contributed by atoms with Gasteiger partial charge in [-0.2, -0.15) is 8.78 Å². The minimum absolute atomic E-state index is 0.324. The van der Waals surface area contributed by atoms with Crippen LogP contribution in [-0.2, 0) is 6.11 Å². The van der Waals surface area contributed by atoms with Crippen molar-refractivity contribution in [2.75, 3.05) is 0 Å². The van der Waals surface area contributed by atoms with Crippen LogP contribution >= 0.6 is 0 Å². The van der Waals surface area contributed by atoms with Gasteiger partial charge in [-0.25, -0.2) is 13.2 Å². The Hall–Kier alpha value is -2.37. The molecule has 1 aliphatic carbocycles. The molecule has 0 saturated heterocycles. The molecule has 1 aliphatic rings. The highest BCUT2D eigenvalue weighted by atomic mass is 19.3. The molecule has 0 bridgehead atoms. The van der Waals surface area contributed by atoms with Gasteiger partial charge in [0.2, 0.25) is 0 Å². The fourth-order valence-electron chi connectivity index (χ4n) is 3.72. The summed E-state index contributed by atoms with van der Waals surface area (Å²) in [6.07, 6.45) is 5.80. The maximum Gasteiger partial charge on any atom is 0.426 e. The quantitative estimate of drug-likeness (QED) is 0.273. The summed E-state index contributed by atoms with van der Waals surface area (Å²) in [4.78, 5) is 0. The summed E-state index contributed by atoms with van der Waals surface area (Å²) in [5, 5.41) is 0. The van der Waals surface area contributed by atoms with E-state index in [0.717, 1.165) is 37.7 Å². The number of ether oxygens (including phenoxy) is 1. The van der Waals surface area contributed by atoms with E-state index in [2.05, 4.69) is 23.8 Å². The second-order valence-corrected chi connectivity index (χ2v) is 7.39. The van der Waals surface area contributed by atoms with Crippen molar-refractivity contribution in [1.82, 2.24) is 0 Å². The number of hydrogen-bond acceptors (Lipinski definition) is 1. The fourth-order valence-corrected chi connectivity index (χ4v) is 3.72. The van der Waals surface area contributed by atoms with E-state index in [1.807, 2.05) is 0 Å². The molecule has 0 radical (unpaired) electrons. The maximum atomic E-state index is 14.4. The van der Waals surface area contributed by atoms with Crippen LogP contribution in [0.2, 0.25) is 0 Å². The van der Waals surface area contributed by atoms with Gasteiger partial charge in [-0.15, -0.1) is 0 Å². The summed E-state index contributed by atoms with van der Waals surface area (Å²) in [5.74, 6) is -4.78. The van der Waals surface area contributed by atoms with Crippen LogP contribution in [-0.4, -0.2) is 0 Å². The average Bonchev–Trinajstić information content (AvgIpc) is 2.70. The number of benzene rings is 2. The average molecular weight is 410 g/mol. The lowest BCUT2D eigenvalue weighted by atomic mass is 9.78. The van der Waals surface area contributed by atoms with Crippen LogP contribution in [0.25, 0.3) is 0 Å². The third-order valence-electron chi connectivity index (χ3n) is 5.34. The Morgan fingerprint density at radius 2 is 1.55 bits per heavy atom. The number of allylic oxidation sites excluding steroid dienone is 2. The van der Waals surface area contributed by atoms with Gasteiger partial charge in [0.25, 0.3) is 0 Å². The highest BCUT2D eigenvalue weighted by molar-refractivity contribution is 5.30. The smallest absolute Gasteiger partial charge is 0.426 e. The van der Waals surface area contributed by atoms with Crippen molar-refractivity contribution in [2.24, 2.45) is 5.92 Å². The lowest BCUT2D eigenvalue weighted by Gasteiger charge is -2.27. The largest absolute Gasteiger partial charge is 0.429 e. The second-order valence-electron chi connectivity index (χ2n) is 7.39. The maximum absolute atomic E-state index is 14.4. The van der Waals surface area contributed by atoms with Gasteiger partial charge in [0.15, 0.2) is 17.5 Å². The van der Waals surface area contributed by atoms with Crippen LogP contribution in [0.15, 0.2) is 48.6 Å². The molecule has 156 valence electrons. The van der Waals surface area contributed by atoms with E-state index >= 15 is 0 Å². The van der Waals surface area contributed by atoms with Crippen LogP contribution in [0.5, 0.6) is 5.75 Å². The summed E-state index contributed by atoms with van der Waals surface area (Å²) in [5.41, 5.74) is 0.548. The Bertz CT molecular complexity index is 829. The van der Waals surface area contributed by atoms with Gasteiger partial charge >= 0.3 is 6.11 Å². The molecule has 0 amide bonds. The summed E-state index contributed by atoms with van der Waals surface area (Å²) in [6.45, 7) is 2.10. The summed E-state index contributed by atoms with van der Waals surface area (Å²) < 4.78 is 72.6. The topological polar surface area (TPSA) is 9.23 Å². The van der Waals surface area contributed by atoms with E-state index in [1.165, 1.54) is 12.1 Å². The summed E-state index contributed by atoms with van der Waals surface area (Å²) >= 11 is 0. The molecule has 2 aromatic rings. The van der Waals surface area contributed by atoms with Gasteiger partial charge in [0.1, 0.15) is 5.75 Å². The van der Waals surface area contributed by atoms with E-state index in [0.29, 0.717) is 24.0 Å². The molecule has 6 heteroatoms. The van der Waals surface area contributed by atoms with Crippen molar-refractivity contribution in [3.63, 3.8) is 0 Å². The van der Waals surface area contributed by atoms with E-state index in [-0.39, 0.29) is 0 Å². The predicted octanol–water partition coefficient (Wildman–Crippen LogP) is 7.47. The Labute approximate surface area is 167 Å². The van der Waals surface area contributed by atoms with Crippen molar-refractivity contribution in [3.8, 4) is 5.75 Å². The van der Waals surface area contributed by atoms with Gasteiger partial charge in [0.05, 0.1) is 5.56 Å². The molecular formula is C23H23F5O. The first kappa shape index (κ1) is 21.3. The minimum Gasteiger partial charge on any atom is -0.429 e. The molecule has 0 atom stereocenters. The van der Waals surface area contributed by atoms with E-state index in [1.54, 1.807) is 12.1 Å². The molecule has 1 nitrogen and oxygen atoms in total. The van der Waals surface area contributed by atoms with Crippen molar-refractivity contribution >= 4 is 0 Å². The van der Waals surface area contributed by atoms with Gasteiger partial charge in [-0.1, -0.05) is 31.2 Å². The normalized spacial score (nSPS) is 20.2. The predicted molar refractivity (Wildman–Crippen MR) is 101 cm³/mol. The Kier molecular flexibility index (Phi) is 6.60. The summed E-state index contributed by atoms with van der Waals surface area (Å²) in [6, 6.07) is 6.60. The lowest BCUT2D eigenvalue weighted by molar-refractivity contribution is -0.185. The van der Waals surface area contributed by atoms with Gasteiger partial charge < -0.3 is 4.74 Å². The van der Waals surface area contributed by atoms with Crippen LogP contribution in [0, 0.1) is 23.4 Å². The number of hydrogen-bond donors (Lipinski definition) is 0. The third kappa shape index (κ3) is 5.17. The van der Waals surface area contributed by atoms with Crippen molar-refractivity contribution < 1.29 is 26.7 Å². The Balaban J connectivity index is 1.67. The molecule has 1 saturated carbocycles. The zero-order chi connectivity index (χ0) is 21.0. The standard InChI is InChI=1S/C23H23F5O/c1-2-3-4-15-5-7-16(8-6-15)17-9-11-18(12-10-17)23(27,28)29-19-13-20(24)22(26)21(25)14-19/h3-4,9-16H,2,5-8H2,1H3/b4-3-/t15-,16-. The lowest BCUT2D eigenvalue weighted by Crippen LogP contribution is -2.22. The monoisotopic (exact) mass is 410 g/mol. The van der Waals surface area contributed by atoms with Crippen molar-refractivity contribution in [1.29, 1.82) is 0 Å². The first-order valence-corrected chi connectivity index (χ1v) is 9.78. The minimum atomic E-state index is -3.81. The molecular weight excluding hydrogens is 387 g/mol. The molecule has 0 spiro atoms. The van der Waals surface area contributed by atoms with Crippen LogP contribution < -0.4 is 4.74 Å². The van der Waals surface area contributed by atoms with Crippen LogP contribution in [0.3, 0.4) is 0 Å². The van der Waals surface area contributed by atoms with Crippen LogP contribution in [0.1, 0.15) is 56.1 Å². The second kappa shape index (κ2) is 8.97. The Morgan fingerprint density at radius 1 is 0.966 bits per heavy atom. The van der Waals surface area contributed by atoms with Crippen molar-refractivity contribution in [3.05, 3.63) is 77.1 Å². The van der Waals surface area contributed by atoms with Gasteiger partial charge in [-0.05, 0) is 61.6 Å². The third-order valence-corrected chi connectivity index (χ3v) is 5.34. The molecule has 0 aliphatic heterocycles. The van der Waals surface area contributed by atoms with Crippen molar-refractivity contribution in [2.45, 2.75) is 51.1 Å². The van der Waals surface area contributed by atoms with E-state index < -0.39 is 34.9 Å². The molecule has 0 heterocycles. The summed E-state index contributed by atoms with van der Waals surface area (Å²) in [7, 11) is 0. The Morgan fingerprint density at radius 3 is 2.10 bits per heavy atom. The van der Waals surface area contributed by atoms with Gasteiger partial charge in [-0.3, -0.25) is 0 Å². The fraction of sp³-hybridized carbons (Fsp3) is 0.391. The molecule has 0 aromatic heterocycles. The zero-order valence-electron chi connectivity index (χ0n) is 16.1. The SMILES string of the molecule is CC/C=C\[C@H]1CC[C@H](c2ccc(C(F)(F)Oc3cc(F)c(F)c(F)c3)cc2)CC1. The first-order chi connectivity index (χ1) is 13.8. The molecule has 29 heavy (non-hydrogen) atoms. The number of halogens is 5. The van der Waals surface area contributed by atoms with Gasteiger partial charge in [0, 0.05) is 12.1 Å². The molecule has 0 N–H and O–H groups in total. The zero-order valence-corrected chi connectivity index (χ0v) is 16.1. The highest BCUT2D eigenvalue weighted by Gasteiger charge is 2.35. The number of alkyl halides is 2. The highest BCUT2D eigenvalue weighted by Crippen LogP contribution is 2.38. The molecule has 3 rings (SSSR count). The molecule has 0 unspecified atom stereocenters. The van der Waals surface area contributed by atoms with Crippen LogP contribution in [0.4, 0.5) is 22.0 Å². The molecule has 2 aromatic carbocycles. The van der Waals surface area contributed by atoms with E-state index in [9.17, 15) is 22.0 Å². The van der Waals surface area contributed by atoms with E-state index in [4.69, 9.17) is 0 Å². The first-order valence-electron chi connectivity index (χ1n) is 9.78. The number of rotatable bonds is 6.